The van der Waals surface area contributed by atoms with Crippen molar-refractivity contribution < 1.29 is 14.1 Å². The number of anilines is 1. The number of nitro benzene ring substituents is 1. The van der Waals surface area contributed by atoms with E-state index in [2.05, 4.69) is 15.3 Å². The minimum absolute atomic E-state index is 0.0242. The second-order valence-corrected chi connectivity index (χ2v) is 6.59. The van der Waals surface area contributed by atoms with E-state index in [-0.39, 0.29) is 16.9 Å². The molecule has 3 rings (SSSR count). The summed E-state index contributed by atoms with van der Waals surface area (Å²) in [7, 11) is 0. The quantitative estimate of drug-likeness (QED) is 0.290. The maximum Gasteiger partial charge on any atom is 0.269 e. The maximum atomic E-state index is 12.2. The zero-order valence-corrected chi connectivity index (χ0v) is 15.4. The fraction of sp³-hybridized carbons (Fsp3) is 0.111. The first-order chi connectivity index (χ1) is 13.4. The lowest BCUT2D eigenvalue weighted by molar-refractivity contribution is -0.384. The van der Waals surface area contributed by atoms with E-state index in [1.807, 2.05) is 6.92 Å². The molecule has 0 fully saturated rings. The lowest BCUT2D eigenvalue weighted by Crippen LogP contribution is -2.18. The van der Waals surface area contributed by atoms with Crippen LogP contribution in [0.4, 0.5) is 11.4 Å². The molecule has 0 spiro atoms. The number of carbonyl (C=O) groups excluding carboxylic acids is 1. The van der Waals surface area contributed by atoms with Crippen LogP contribution >= 0.6 is 11.8 Å². The van der Waals surface area contributed by atoms with Crippen molar-refractivity contribution in [3.05, 3.63) is 86.2 Å². The van der Waals surface area contributed by atoms with Crippen molar-refractivity contribution in [1.29, 1.82) is 0 Å². The summed E-state index contributed by atoms with van der Waals surface area (Å²) in [5.74, 6) is 0.195. The number of hydrogen-bond donors (Lipinski definition) is 1. The number of carbonyl (C=O) groups is 1. The molecule has 0 radical (unpaired) electrons. The lowest BCUT2D eigenvalue weighted by Gasteiger charge is -2.05. The van der Waals surface area contributed by atoms with Crippen LogP contribution in [0.25, 0.3) is 0 Å². The Kier molecular flexibility index (Phi) is 5.80. The molecule has 142 valence electrons. The number of aryl methyl sites for hydroxylation is 1. The highest BCUT2D eigenvalue weighted by Gasteiger charge is 2.12. The van der Waals surface area contributed by atoms with Crippen molar-refractivity contribution in [2.45, 2.75) is 17.8 Å². The first kappa shape index (κ1) is 19.2. The van der Waals surface area contributed by atoms with Gasteiger partial charge in [-0.2, -0.15) is 0 Å². The topological polar surface area (TPSA) is 128 Å². The van der Waals surface area contributed by atoms with Gasteiger partial charge in [-0.05, 0) is 25.1 Å². The summed E-state index contributed by atoms with van der Waals surface area (Å²) in [5.41, 5.74) is 0.450. The largest absolute Gasteiger partial charge is 0.466 e. The van der Waals surface area contributed by atoms with Gasteiger partial charge in [0.05, 0.1) is 10.7 Å². The van der Waals surface area contributed by atoms with E-state index in [1.165, 1.54) is 48.4 Å². The maximum absolute atomic E-state index is 12.2. The van der Waals surface area contributed by atoms with Crippen molar-refractivity contribution in [2.24, 2.45) is 0 Å². The molecule has 0 unspecified atom stereocenters. The number of aromatic nitrogens is 2. The Morgan fingerprint density at radius 1 is 1.29 bits per heavy atom. The molecule has 0 aliphatic heterocycles. The molecule has 1 N–H and O–H groups in total. The minimum atomic E-state index is -0.572. The average Bonchev–Trinajstić information content (AvgIpc) is 2.68. The highest BCUT2D eigenvalue weighted by atomic mass is 32.2. The highest BCUT2D eigenvalue weighted by Crippen LogP contribution is 2.19. The van der Waals surface area contributed by atoms with E-state index in [0.29, 0.717) is 16.7 Å². The third-order valence-electron chi connectivity index (χ3n) is 3.59. The molecule has 2 aromatic heterocycles. The van der Waals surface area contributed by atoms with Crippen molar-refractivity contribution in [1.82, 2.24) is 9.97 Å². The fourth-order valence-corrected chi connectivity index (χ4v) is 2.94. The van der Waals surface area contributed by atoms with Gasteiger partial charge in [0.25, 0.3) is 11.6 Å². The van der Waals surface area contributed by atoms with Crippen molar-refractivity contribution in [3.63, 3.8) is 0 Å². The van der Waals surface area contributed by atoms with Gasteiger partial charge in [0, 0.05) is 35.7 Å². The summed E-state index contributed by atoms with van der Waals surface area (Å²) in [5, 5.41) is 13.7. The van der Waals surface area contributed by atoms with Crippen molar-refractivity contribution in [2.75, 3.05) is 5.32 Å². The van der Waals surface area contributed by atoms with Crippen LogP contribution in [-0.4, -0.2) is 20.8 Å². The van der Waals surface area contributed by atoms with Crippen LogP contribution in [0.2, 0.25) is 0 Å². The van der Waals surface area contributed by atoms with Crippen LogP contribution in [-0.2, 0) is 5.75 Å². The molecule has 10 heteroatoms. The standard InChI is InChI=1S/C18H14N4O5S/c1-11-6-7-19-18(20-11)28-10-14-8-16(23)15(9-27-14)21-17(24)12-2-4-13(5-3-12)22(25)26/h2-9H,10H2,1H3,(H,21,24). The molecular weight excluding hydrogens is 384 g/mol. The van der Waals surface area contributed by atoms with Crippen LogP contribution in [0.1, 0.15) is 21.8 Å². The molecule has 0 bridgehead atoms. The number of amides is 1. The Morgan fingerprint density at radius 3 is 2.68 bits per heavy atom. The Balaban J connectivity index is 1.65. The number of thioether (sulfide) groups is 1. The van der Waals surface area contributed by atoms with Crippen LogP contribution in [0.5, 0.6) is 0 Å². The number of nitrogens with one attached hydrogen (secondary N) is 1. The fourth-order valence-electron chi connectivity index (χ4n) is 2.18. The van der Waals surface area contributed by atoms with Crippen LogP contribution in [0.15, 0.2) is 63.2 Å². The Morgan fingerprint density at radius 2 is 2.04 bits per heavy atom. The molecule has 1 aromatic carbocycles. The van der Waals surface area contributed by atoms with E-state index >= 15 is 0 Å². The van der Waals surface area contributed by atoms with Gasteiger partial charge in [-0.1, -0.05) is 11.8 Å². The molecule has 0 aliphatic carbocycles. The van der Waals surface area contributed by atoms with E-state index < -0.39 is 16.3 Å². The molecule has 3 aromatic rings. The van der Waals surface area contributed by atoms with Gasteiger partial charge < -0.3 is 9.73 Å². The highest BCUT2D eigenvalue weighted by molar-refractivity contribution is 7.98. The predicted molar refractivity (Wildman–Crippen MR) is 102 cm³/mol. The summed E-state index contributed by atoms with van der Waals surface area (Å²) in [6.45, 7) is 1.86. The van der Waals surface area contributed by atoms with Gasteiger partial charge in [0.1, 0.15) is 17.7 Å². The third kappa shape index (κ3) is 4.80. The van der Waals surface area contributed by atoms with E-state index in [0.717, 1.165) is 5.69 Å². The molecule has 0 saturated carbocycles. The molecule has 2 heterocycles. The van der Waals surface area contributed by atoms with Crippen LogP contribution < -0.4 is 10.7 Å². The van der Waals surface area contributed by atoms with Gasteiger partial charge >= 0.3 is 0 Å². The van der Waals surface area contributed by atoms with Crippen LogP contribution in [0, 0.1) is 17.0 Å². The van der Waals surface area contributed by atoms with Gasteiger partial charge in [-0.25, -0.2) is 9.97 Å². The Labute approximate surface area is 163 Å². The SMILES string of the molecule is Cc1ccnc(SCc2cc(=O)c(NC(=O)c3ccc([N+](=O)[O-])cc3)co2)n1. The second-order valence-electron chi connectivity index (χ2n) is 5.65. The summed E-state index contributed by atoms with van der Waals surface area (Å²) in [6.07, 6.45) is 2.82. The third-order valence-corrected chi connectivity index (χ3v) is 4.47. The van der Waals surface area contributed by atoms with Crippen LogP contribution in [0.3, 0.4) is 0 Å². The average molecular weight is 398 g/mol. The monoisotopic (exact) mass is 398 g/mol. The first-order valence-electron chi connectivity index (χ1n) is 8.02. The summed E-state index contributed by atoms with van der Waals surface area (Å²) in [4.78, 5) is 42.9. The molecule has 1 amide bonds. The van der Waals surface area contributed by atoms with Gasteiger partial charge in [0.15, 0.2) is 5.16 Å². The molecule has 0 atom stereocenters. The predicted octanol–water partition coefficient (Wildman–Crippen LogP) is 3.19. The normalized spacial score (nSPS) is 10.5. The second kappa shape index (κ2) is 8.44. The number of nitrogens with zero attached hydrogens (tertiary/aromatic N) is 3. The molecule has 9 nitrogen and oxygen atoms in total. The lowest BCUT2D eigenvalue weighted by atomic mass is 10.2. The molecule has 0 aliphatic rings. The number of nitro groups is 1. The van der Waals surface area contributed by atoms with E-state index in [9.17, 15) is 19.7 Å². The van der Waals surface area contributed by atoms with Gasteiger partial charge in [0.2, 0.25) is 5.43 Å². The van der Waals surface area contributed by atoms with Crippen molar-refractivity contribution >= 4 is 29.0 Å². The number of rotatable bonds is 6. The first-order valence-corrected chi connectivity index (χ1v) is 9.01. The zero-order chi connectivity index (χ0) is 20.1. The summed E-state index contributed by atoms with van der Waals surface area (Å²) < 4.78 is 5.40. The Bertz CT molecular complexity index is 1080. The van der Waals surface area contributed by atoms with Crippen molar-refractivity contribution in [3.8, 4) is 0 Å². The minimum Gasteiger partial charge on any atom is -0.466 e. The summed E-state index contributed by atoms with van der Waals surface area (Å²) >= 11 is 1.32. The van der Waals surface area contributed by atoms with E-state index in [4.69, 9.17) is 4.42 Å². The van der Waals surface area contributed by atoms with Gasteiger partial charge in [-0.15, -0.1) is 0 Å². The number of hydrogen-bond acceptors (Lipinski definition) is 8. The van der Waals surface area contributed by atoms with Gasteiger partial charge in [-0.3, -0.25) is 19.7 Å². The molecule has 0 saturated heterocycles. The van der Waals surface area contributed by atoms with E-state index in [1.54, 1.807) is 12.3 Å². The Hall–Kier alpha value is -3.53. The molecule has 28 heavy (non-hydrogen) atoms. The number of benzene rings is 1. The molecular formula is C18H14N4O5S. The smallest absolute Gasteiger partial charge is 0.269 e. The summed E-state index contributed by atoms with van der Waals surface area (Å²) in [6, 6.07) is 8.11. The number of non-ortho nitro benzene ring substituents is 1. The zero-order valence-electron chi connectivity index (χ0n) is 14.6.